The maximum atomic E-state index is 12.7. The van der Waals surface area contributed by atoms with Gasteiger partial charge in [0.1, 0.15) is 10.6 Å². The Balaban J connectivity index is 2.37. The van der Waals surface area contributed by atoms with Crippen molar-refractivity contribution in [2.75, 3.05) is 33.2 Å². The van der Waals surface area contributed by atoms with Gasteiger partial charge in [0, 0.05) is 39.4 Å². The fourth-order valence-corrected chi connectivity index (χ4v) is 4.25. The SMILES string of the molecule is CN1CCN(S(=O)(=O)c2cc(C(N)=O)n(C)c2)C(CN)C1. The van der Waals surface area contributed by atoms with Crippen LogP contribution in [0.5, 0.6) is 0 Å². The van der Waals surface area contributed by atoms with E-state index in [0.29, 0.717) is 19.6 Å². The van der Waals surface area contributed by atoms with Crippen LogP contribution in [0.4, 0.5) is 0 Å². The van der Waals surface area contributed by atoms with Crippen LogP contribution in [0.15, 0.2) is 17.2 Å². The zero-order valence-electron chi connectivity index (χ0n) is 12.2. The van der Waals surface area contributed by atoms with Gasteiger partial charge in [-0.1, -0.05) is 0 Å². The number of primary amides is 1. The normalized spacial score (nSPS) is 21.6. The zero-order valence-corrected chi connectivity index (χ0v) is 13.0. The fraction of sp³-hybridized carbons (Fsp3) is 0.583. The van der Waals surface area contributed by atoms with Crippen LogP contribution in [0.2, 0.25) is 0 Å². The van der Waals surface area contributed by atoms with Gasteiger partial charge < -0.3 is 20.9 Å². The van der Waals surface area contributed by atoms with Crippen molar-refractivity contribution in [1.82, 2.24) is 13.8 Å². The van der Waals surface area contributed by atoms with E-state index in [4.69, 9.17) is 11.5 Å². The van der Waals surface area contributed by atoms with Crippen LogP contribution in [0, 0.1) is 0 Å². The van der Waals surface area contributed by atoms with Gasteiger partial charge >= 0.3 is 0 Å². The summed E-state index contributed by atoms with van der Waals surface area (Å²) in [5.41, 5.74) is 11.1. The van der Waals surface area contributed by atoms with E-state index < -0.39 is 15.9 Å². The highest BCUT2D eigenvalue weighted by molar-refractivity contribution is 7.89. The minimum Gasteiger partial charge on any atom is -0.364 e. The molecule has 118 valence electrons. The molecule has 0 spiro atoms. The second-order valence-corrected chi connectivity index (χ2v) is 7.19. The largest absolute Gasteiger partial charge is 0.364 e. The number of likely N-dealkylation sites (N-methyl/N-ethyl adjacent to an activating group) is 1. The molecule has 1 unspecified atom stereocenters. The van der Waals surface area contributed by atoms with Crippen molar-refractivity contribution in [2.45, 2.75) is 10.9 Å². The molecule has 2 heterocycles. The Morgan fingerprint density at radius 2 is 2.05 bits per heavy atom. The van der Waals surface area contributed by atoms with Crippen LogP contribution in [0.1, 0.15) is 10.5 Å². The number of sulfonamides is 1. The molecule has 2 rings (SSSR count). The molecule has 0 bridgehead atoms. The Morgan fingerprint density at radius 1 is 1.38 bits per heavy atom. The van der Waals surface area contributed by atoms with Crippen molar-refractivity contribution >= 4 is 15.9 Å². The molecule has 4 N–H and O–H groups in total. The average Bonchev–Trinajstić information content (AvgIpc) is 2.81. The predicted octanol–water partition coefficient (Wildman–Crippen LogP) is -1.61. The number of carbonyl (C=O) groups is 1. The van der Waals surface area contributed by atoms with E-state index in [9.17, 15) is 13.2 Å². The zero-order chi connectivity index (χ0) is 15.8. The monoisotopic (exact) mass is 315 g/mol. The summed E-state index contributed by atoms with van der Waals surface area (Å²) in [5, 5.41) is 0. The van der Waals surface area contributed by atoms with Gasteiger partial charge in [0.2, 0.25) is 10.0 Å². The molecule has 1 fully saturated rings. The van der Waals surface area contributed by atoms with E-state index >= 15 is 0 Å². The number of nitrogens with zero attached hydrogens (tertiary/aromatic N) is 3. The summed E-state index contributed by atoms with van der Waals surface area (Å²) in [6, 6.07) is 1.04. The second-order valence-electron chi connectivity index (χ2n) is 5.30. The van der Waals surface area contributed by atoms with Crippen LogP contribution in [-0.2, 0) is 17.1 Å². The van der Waals surface area contributed by atoms with Crippen molar-refractivity contribution in [3.63, 3.8) is 0 Å². The van der Waals surface area contributed by atoms with E-state index in [1.54, 1.807) is 7.05 Å². The van der Waals surface area contributed by atoms with Gasteiger partial charge in [-0.3, -0.25) is 4.79 Å². The van der Waals surface area contributed by atoms with Crippen molar-refractivity contribution in [3.8, 4) is 0 Å². The van der Waals surface area contributed by atoms with Gasteiger partial charge in [-0.25, -0.2) is 8.42 Å². The summed E-state index contributed by atoms with van der Waals surface area (Å²) in [5.74, 6) is -0.660. The number of aromatic nitrogens is 1. The van der Waals surface area contributed by atoms with Gasteiger partial charge in [-0.05, 0) is 13.1 Å². The van der Waals surface area contributed by atoms with E-state index in [-0.39, 0.29) is 23.2 Å². The number of hydrogen-bond acceptors (Lipinski definition) is 5. The molecule has 1 aliphatic rings. The molecular weight excluding hydrogens is 294 g/mol. The Kier molecular flexibility index (Phi) is 4.38. The maximum absolute atomic E-state index is 12.7. The Bertz CT molecular complexity index is 639. The third kappa shape index (κ3) is 2.95. The summed E-state index contributed by atoms with van der Waals surface area (Å²) < 4.78 is 28.3. The van der Waals surface area contributed by atoms with Crippen molar-refractivity contribution in [3.05, 3.63) is 18.0 Å². The van der Waals surface area contributed by atoms with Crippen molar-refractivity contribution in [2.24, 2.45) is 18.5 Å². The van der Waals surface area contributed by atoms with Gasteiger partial charge in [0.15, 0.2) is 0 Å². The molecule has 0 saturated carbocycles. The first-order chi connectivity index (χ1) is 9.77. The van der Waals surface area contributed by atoms with E-state index in [0.717, 1.165) is 0 Å². The molecule has 8 nitrogen and oxygen atoms in total. The van der Waals surface area contributed by atoms with Gasteiger partial charge in [-0.2, -0.15) is 4.31 Å². The summed E-state index contributed by atoms with van der Waals surface area (Å²) in [4.78, 5) is 13.4. The van der Waals surface area contributed by atoms with E-state index in [1.807, 2.05) is 11.9 Å². The lowest BCUT2D eigenvalue weighted by molar-refractivity contribution is 0.0992. The number of carbonyl (C=O) groups excluding carboxylic acids is 1. The van der Waals surface area contributed by atoms with E-state index in [1.165, 1.54) is 21.1 Å². The highest BCUT2D eigenvalue weighted by Crippen LogP contribution is 2.22. The molecule has 1 saturated heterocycles. The summed E-state index contributed by atoms with van der Waals surface area (Å²) in [7, 11) is -0.166. The number of amides is 1. The molecule has 1 aliphatic heterocycles. The van der Waals surface area contributed by atoms with Gasteiger partial charge in [0.05, 0.1) is 6.04 Å². The number of hydrogen-bond donors (Lipinski definition) is 2. The van der Waals surface area contributed by atoms with Gasteiger partial charge in [0.25, 0.3) is 5.91 Å². The lowest BCUT2D eigenvalue weighted by Crippen LogP contribution is -2.56. The topological polar surface area (TPSA) is 115 Å². The quantitative estimate of drug-likeness (QED) is 0.693. The van der Waals surface area contributed by atoms with Crippen LogP contribution in [-0.4, -0.2) is 67.4 Å². The Labute approximate surface area is 124 Å². The smallest absolute Gasteiger partial charge is 0.265 e. The standard InChI is InChI=1S/C12H21N5O3S/c1-15-3-4-17(9(6-13)7-15)21(19,20)10-5-11(12(14)18)16(2)8-10/h5,8-9H,3-4,6-7,13H2,1-2H3,(H2,14,18). The fourth-order valence-electron chi connectivity index (χ4n) is 2.56. The first-order valence-corrected chi connectivity index (χ1v) is 8.08. The number of aryl methyl sites for hydroxylation is 1. The summed E-state index contributed by atoms with van der Waals surface area (Å²) in [6.45, 7) is 1.86. The lowest BCUT2D eigenvalue weighted by atomic mass is 10.2. The maximum Gasteiger partial charge on any atom is 0.265 e. The highest BCUT2D eigenvalue weighted by Gasteiger charge is 2.35. The molecule has 0 aliphatic carbocycles. The summed E-state index contributed by atoms with van der Waals surface area (Å²) in [6.07, 6.45) is 1.40. The Hall–Kier alpha value is -1.42. The molecular formula is C12H21N5O3S. The minimum atomic E-state index is -3.68. The van der Waals surface area contributed by atoms with Gasteiger partial charge in [-0.15, -0.1) is 0 Å². The van der Waals surface area contributed by atoms with Crippen molar-refractivity contribution < 1.29 is 13.2 Å². The first kappa shape index (κ1) is 16.0. The third-order valence-corrected chi connectivity index (χ3v) is 5.66. The van der Waals surface area contributed by atoms with Crippen molar-refractivity contribution in [1.29, 1.82) is 0 Å². The Morgan fingerprint density at radius 3 is 2.57 bits per heavy atom. The number of rotatable bonds is 4. The molecule has 1 aromatic rings. The minimum absolute atomic E-state index is 0.0711. The predicted molar refractivity (Wildman–Crippen MR) is 78.2 cm³/mol. The molecule has 1 atom stereocenters. The number of nitrogens with two attached hydrogens (primary N) is 2. The second kappa shape index (κ2) is 5.76. The molecule has 1 aromatic heterocycles. The third-order valence-electron chi connectivity index (χ3n) is 3.74. The average molecular weight is 315 g/mol. The van der Waals surface area contributed by atoms with Crippen LogP contribution < -0.4 is 11.5 Å². The molecule has 1 amide bonds. The van der Waals surface area contributed by atoms with Crippen LogP contribution in [0.3, 0.4) is 0 Å². The molecule has 9 heteroatoms. The lowest BCUT2D eigenvalue weighted by Gasteiger charge is -2.38. The molecule has 21 heavy (non-hydrogen) atoms. The molecule has 0 radical (unpaired) electrons. The highest BCUT2D eigenvalue weighted by atomic mass is 32.2. The molecule has 0 aromatic carbocycles. The van der Waals surface area contributed by atoms with Crippen LogP contribution >= 0.6 is 0 Å². The first-order valence-electron chi connectivity index (χ1n) is 6.64. The van der Waals surface area contributed by atoms with E-state index in [2.05, 4.69) is 0 Å². The summed E-state index contributed by atoms with van der Waals surface area (Å²) >= 11 is 0. The van der Waals surface area contributed by atoms with Crippen LogP contribution in [0.25, 0.3) is 0 Å². The number of piperazine rings is 1.